The highest BCUT2D eigenvalue weighted by molar-refractivity contribution is 7.89. The molecule has 0 amide bonds. The summed E-state index contributed by atoms with van der Waals surface area (Å²) < 4.78 is 26.2. The van der Waals surface area contributed by atoms with Gasteiger partial charge in [0.15, 0.2) is 0 Å². The molecule has 0 aromatic heterocycles. The fraction of sp³-hybridized carbons (Fsp3) is 1.00. The van der Waals surface area contributed by atoms with Crippen LogP contribution >= 0.6 is 0 Å². The maximum absolute atomic E-state index is 12.3. The van der Waals surface area contributed by atoms with Crippen LogP contribution in [0.4, 0.5) is 0 Å². The zero-order chi connectivity index (χ0) is 12.3. The summed E-state index contributed by atoms with van der Waals surface area (Å²) in [6.07, 6.45) is 5.38. The van der Waals surface area contributed by atoms with Gasteiger partial charge in [0.2, 0.25) is 10.0 Å². The summed E-state index contributed by atoms with van der Waals surface area (Å²) in [5.74, 6) is 0.815. The SMILES string of the molecule is CCCN(CC1CCCN1)S(=O)(=O)CC1CC1. The van der Waals surface area contributed by atoms with Gasteiger partial charge in [-0.3, -0.25) is 0 Å². The second-order valence-electron chi connectivity index (χ2n) is 5.37. The highest BCUT2D eigenvalue weighted by Crippen LogP contribution is 2.31. The number of hydrogen-bond donors (Lipinski definition) is 1. The van der Waals surface area contributed by atoms with Gasteiger partial charge in [0.1, 0.15) is 0 Å². The molecule has 17 heavy (non-hydrogen) atoms. The van der Waals surface area contributed by atoms with Gasteiger partial charge in [-0.15, -0.1) is 0 Å². The van der Waals surface area contributed by atoms with E-state index in [9.17, 15) is 8.42 Å². The smallest absolute Gasteiger partial charge is 0.214 e. The van der Waals surface area contributed by atoms with Crippen molar-refractivity contribution in [1.82, 2.24) is 9.62 Å². The second-order valence-corrected chi connectivity index (χ2v) is 7.39. The average molecular weight is 260 g/mol. The first-order chi connectivity index (χ1) is 8.12. The number of nitrogens with one attached hydrogen (secondary N) is 1. The van der Waals surface area contributed by atoms with Gasteiger partial charge in [0.05, 0.1) is 5.75 Å². The van der Waals surface area contributed by atoms with Crippen molar-refractivity contribution < 1.29 is 8.42 Å². The second kappa shape index (κ2) is 5.67. The summed E-state index contributed by atoms with van der Waals surface area (Å²) in [5, 5.41) is 3.38. The molecule has 1 heterocycles. The molecule has 2 aliphatic rings. The predicted molar refractivity (Wildman–Crippen MR) is 69.4 cm³/mol. The van der Waals surface area contributed by atoms with Gasteiger partial charge in [-0.2, -0.15) is 0 Å². The van der Waals surface area contributed by atoms with Crippen LogP contribution in [0.15, 0.2) is 0 Å². The van der Waals surface area contributed by atoms with Gasteiger partial charge in [0.25, 0.3) is 0 Å². The fourth-order valence-corrected chi connectivity index (χ4v) is 4.45. The summed E-state index contributed by atoms with van der Waals surface area (Å²) in [6, 6.07) is 0.371. The molecule has 0 spiro atoms. The normalized spacial score (nSPS) is 25.6. The van der Waals surface area contributed by atoms with Crippen LogP contribution in [0.1, 0.15) is 39.0 Å². The molecule has 5 heteroatoms. The number of sulfonamides is 1. The van der Waals surface area contributed by atoms with Crippen LogP contribution in [-0.2, 0) is 10.0 Å². The van der Waals surface area contributed by atoms with Crippen molar-refractivity contribution in [2.75, 3.05) is 25.4 Å². The van der Waals surface area contributed by atoms with Gasteiger partial charge in [-0.05, 0) is 44.6 Å². The van der Waals surface area contributed by atoms with Crippen LogP contribution < -0.4 is 5.32 Å². The third-order valence-corrected chi connectivity index (χ3v) is 5.61. The van der Waals surface area contributed by atoms with E-state index in [0.29, 0.717) is 30.8 Å². The molecule has 1 saturated carbocycles. The molecular weight excluding hydrogens is 236 g/mol. The Morgan fingerprint density at radius 3 is 2.59 bits per heavy atom. The van der Waals surface area contributed by atoms with Gasteiger partial charge < -0.3 is 5.32 Å². The Bertz CT molecular complexity index is 332. The highest BCUT2D eigenvalue weighted by atomic mass is 32.2. The lowest BCUT2D eigenvalue weighted by atomic mass is 10.2. The van der Waals surface area contributed by atoms with Crippen molar-refractivity contribution in [1.29, 1.82) is 0 Å². The van der Waals surface area contributed by atoms with E-state index in [1.807, 2.05) is 6.92 Å². The fourth-order valence-electron chi connectivity index (χ4n) is 2.44. The number of nitrogens with zero attached hydrogens (tertiary/aromatic N) is 1. The van der Waals surface area contributed by atoms with E-state index in [0.717, 1.165) is 32.2 Å². The van der Waals surface area contributed by atoms with Crippen molar-refractivity contribution in [3.05, 3.63) is 0 Å². The Morgan fingerprint density at radius 2 is 2.06 bits per heavy atom. The minimum atomic E-state index is -3.02. The van der Waals surface area contributed by atoms with Gasteiger partial charge in [-0.25, -0.2) is 12.7 Å². The minimum Gasteiger partial charge on any atom is -0.313 e. The molecule has 1 saturated heterocycles. The van der Waals surface area contributed by atoms with E-state index in [1.54, 1.807) is 4.31 Å². The van der Waals surface area contributed by atoms with E-state index >= 15 is 0 Å². The maximum atomic E-state index is 12.3. The topological polar surface area (TPSA) is 49.4 Å². The van der Waals surface area contributed by atoms with Crippen molar-refractivity contribution in [3.63, 3.8) is 0 Å². The van der Waals surface area contributed by atoms with Crippen molar-refractivity contribution in [2.24, 2.45) is 5.92 Å². The lowest BCUT2D eigenvalue weighted by molar-refractivity contribution is 0.368. The molecule has 0 aromatic carbocycles. The Morgan fingerprint density at radius 1 is 1.29 bits per heavy atom. The average Bonchev–Trinajstić information content (AvgIpc) is 2.92. The minimum absolute atomic E-state index is 0.371. The largest absolute Gasteiger partial charge is 0.313 e. The quantitative estimate of drug-likeness (QED) is 0.748. The van der Waals surface area contributed by atoms with Crippen molar-refractivity contribution in [3.8, 4) is 0 Å². The van der Waals surface area contributed by atoms with Gasteiger partial charge >= 0.3 is 0 Å². The van der Waals surface area contributed by atoms with E-state index in [4.69, 9.17) is 0 Å². The zero-order valence-corrected chi connectivity index (χ0v) is 11.5. The van der Waals surface area contributed by atoms with Gasteiger partial charge in [-0.1, -0.05) is 6.92 Å². The standard InChI is InChI=1S/C12H24N2O2S/c1-2-8-14(9-12-4-3-7-13-12)17(15,16)10-11-5-6-11/h11-13H,2-10H2,1H3. The molecule has 4 nitrogen and oxygen atoms in total. The van der Waals surface area contributed by atoms with Crippen LogP contribution in [0, 0.1) is 5.92 Å². The van der Waals surface area contributed by atoms with E-state index in [2.05, 4.69) is 5.32 Å². The summed E-state index contributed by atoms with van der Waals surface area (Å²) in [5.41, 5.74) is 0. The monoisotopic (exact) mass is 260 g/mol. The zero-order valence-electron chi connectivity index (χ0n) is 10.7. The first kappa shape index (κ1) is 13.3. The molecule has 100 valence electrons. The Hall–Kier alpha value is -0.130. The molecule has 1 N–H and O–H groups in total. The number of hydrogen-bond acceptors (Lipinski definition) is 3. The lowest BCUT2D eigenvalue weighted by Gasteiger charge is -2.24. The summed E-state index contributed by atoms with van der Waals surface area (Å²) in [6.45, 7) is 4.42. The Labute approximate surface area is 105 Å². The lowest BCUT2D eigenvalue weighted by Crippen LogP contribution is -2.42. The highest BCUT2D eigenvalue weighted by Gasteiger charge is 2.32. The Balaban J connectivity index is 1.93. The van der Waals surface area contributed by atoms with Crippen LogP contribution in [0.2, 0.25) is 0 Å². The van der Waals surface area contributed by atoms with Crippen LogP contribution in [-0.4, -0.2) is 44.2 Å². The molecule has 1 aliphatic carbocycles. The molecule has 2 rings (SSSR count). The van der Waals surface area contributed by atoms with Crippen LogP contribution in [0.5, 0.6) is 0 Å². The van der Waals surface area contributed by atoms with Crippen molar-refractivity contribution >= 4 is 10.0 Å². The first-order valence-electron chi connectivity index (χ1n) is 6.83. The Kier molecular flexibility index (Phi) is 4.44. The molecular formula is C12H24N2O2S. The van der Waals surface area contributed by atoms with Crippen LogP contribution in [0.25, 0.3) is 0 Å². The van der Waals surface area contributed by atoms with E-state index in [-0.39, 0.29) is 0 Å². The first-order valence-corrected chi connectivity index (χ1v) is 8.44. The molecule has 0 radical (unpaired) electrons. The predicted octanol–water partition coefficient (Wildman–Crippen LogP) is 1.19. The molecule has 0 aromatic rings. The van der Waals surface area contributed by atoms with E-state index in [1.165, 1.54) is 6.42 Å². The molecule has 0 bridgehead atoms. The molecule has 1 unspecified atom stereocenters. The summed E-state index contributed by atoms with van der Waals surface area (Å²) >= 11 is 0. The maximum Gasteiger partial charge on any atom is 0.214 e. The van der Waals surface area contributed by atoms with Crippen molar-refractivity contribution in [2.45, 2.75) is 45.1 Å². The molecule has 1 atom stereocenters. The summed E-state index contributed by atoms with van der Waals surface area (Å²) in [4.78, 5) is 0. The molecule has 1 aliphatic heterocycles. The van der Waals surface area contributed by atoms with E-state index < -0.39 is 10.0 Å². The molecule has 2 fully saturated rings. The van der Waals surface area contributed by atoms with Crippen LogP contribution in [0.3, 0.4) is 0 Å². The van der Waals surface area contributed by atoms with Gasteiger partial charge in [0, 0.05) is 19.1 Å². The number of rotatable bonds is 7. The summed E-state index contributed by atoms with van der Waals surface area (Å²) in [7, 11) is -3.02. The third-order valence-electron chi connectivity index (χ3n) is 3.60. The third kappa shape index (κ3) is 3.93.